The molecule has 0 bridgehead atoms. The zero-order valence-electron chi connectivity index (χ0n) is 12.3. The highest BCUT2D eigenvalue weighted by atomic mass is 16.5. The van der Waals surface area contributed by atoms with Crippen LogP contribution >= 0.6 is 0 Å². The average Bonchev–Trinajstić information content (AvgIpc) is 2.42. The van der Waals surface area contributed by atoms with Gasteiger partial charge in [0, 0.05) is 39.7 Å². The van der Waals surface area contributed by atoms with E-state index in [0.717, 1.165) is 12.2 Å². The molecule has 1 aromatic carbocycles. The van der Waals surface area contributed by atoms with Crippen molar-refractivity contribution in [2.24, 2.45) is 0 Å². The van der Waals surface area contributed by atoms with E-state index in [1.54, 1.807) is 4.90 Å². The Hall–Kier alpha value is -2.04. The van der Waals surface area contributed by atoms with Crippen LogP contribution in [0, 0.1) is 0 Å². The smallest absolute Gasteiger partial charge is 0.302 e. The van der Waals surface area contributed by atoms with Crippen LogP contribution in [0.5, 0.6) is 0 Å². The summed E-state index contributed by atoms with van der Waals surface area (Å²) in [6, 6.07) is 9.98. The fourth-order valence-electron chi connectivity index (χ4n) is 1.81. The summed E-state index contributed by atoms with van der Waals surface area (Å²) in [5.74, 6) is -0.339. The van der Waals surface area contributed by atoms with Crippen molar-refractivity contribution in [1.82, 2.24) is 4.90 Å². The number of anilines is 1. The topological polar surface area (TPSA) is 49.9 Å². The maximum absolute atomic E-state index is 11.5. The lowest BCUT2D eigenvalue weighted by Crippen LogP contribution is -2.38. The number of ether oxygens (including phenoxy) is 1. The lowest BCUT2D eigenvalue weighted by atomic mass is 10.3. The monoisotopic (exact) mass is 278 g/mol. The second-order valence-electron chi connectivity index (χ2n) is 4.60. The summed E-state index contributed by atoms with van der Waals surface area (Å²) in [6.45, 7) is 4.88. The van der Waals surface area contributed by atoms with Crippen LogP contribution in [0.15, 0.2) is 30.3 Å². The molecule has 0 saturated carbocycles. The molecule has 0 N–H and O–H groups in total. The van der Waals surface area contributed by atoms with E-state index in [1.165, 1.54) is 13.8 Å². The molecule has 0 unspecified atom stereocenters. The van der Waals surface area contributed by atoms with E-state index in [1.807, 2.05) is 37.4 Å². The van der Waals surface area contributed by atoms with Crippen LogP contribution < -0.4 is 4.90 Å². The zero-order valence-corrected chi connectivity index (χ0v) is 12.3. The van der Waals surface area contributed by atoms with E-state index in [-0.39, 0.29) is 18.5 Å². The van der Waals surface area contributed by atoms with Gasteiger partial charge in [0.1, 0.15) is 6.61 Å². The van der Waals surface area contributed by atoms with Crippen molar-refractivity contribution in [3.8, 4) is 0 Å². The molecule has 0 aliphatic carbocycles. The third-order valence-corrected chi connectivity index (χ3v) is 3.01. The lowest BCUT2D eigenvalue weighted by molar-refractivity contribution is -0.143. The summed E-state index contributed by atoms with van der Waals surface area (Å²) in [4.78, 5) is 26.0. The first-order chi connectivity index (χ1) is 9.50. The van der Waals surface area contributed by atoms with Crippen molar-refractivity contribution in [1.29, 1.82) is 0 Å². The number of hydrogen-bond donors (Lipinski definition) is 0. The van der Waals surface area contributed by atoms with Crippen LogP contribution in [-0.4, -0.2) is 50.1 Å². The molecule has 0 radical (unpaired) electrons. The fraction of sp³-hybridized carbons (Fsp3) is 0.467. The molecular formula is C15H22N2O3. The highest BCUT2D eigenvalue weighted by Gasteiger charge is 2.10. The van der Waals surface area contributed by atoms with Crippen LogP contribution in [0.4, 0.5) is 5.69 Å². The Morgan fingerprint density at radius 3 is 2.25 bits per heavy atom. The number of esters is 1. The molecular weight excluding hydrogens is 256 g/mol. The number of likely N-dealkylation sites (N-methyl/N-ethyl adjacent to an activating group) is 1. The van der Waals surface area contributed by atoms with Gasteiger partial charge in [-0.1, -0.05) is 18.2 Å². The second-order valence-corrected chi connectivity index (χ2v) is 4.60. The van der Waals surface area contributed by atoms with Gasteiger partial charge in [0.15, 0.2) is 0 Å². The highest BCUT2D eigenvalue weighted by Crippen LogP contribution is 2.10. The summed E-state index contributed by atoms with van der Waals surface area (Å²) in [5, 5.41) is 0. The predicted octanol–water partition coefficient (Wildman–Crippen LogP) is 1.53. The molecule has 110 valence electrons. The van der Waals surface area contributed by atoms with E-state index in [4.69, 9.17) is 4.74 Å². The Kier molecular flexibility index (Phi) is 6.56. The average molecular weight is 278 g/mol. The van der Waals surface area contributed by atoms with E-state index in [9.17, 15) is 9.59 Å². The van der Waals surface area contributed by atoms with Gasteiger partial charge < -0.3 is 14.5 Å². The molecule has 0 spiro atoms. The Balaban J connectivity index is 2.42. The molecule has 5 nitrogen and oxygen atoms in total. The van der Waals surface area contributed by atoms with E-state index in [0.29, 0.717) is 13.1 Å². The minimum absolute atomic E-state index is 0.0152. The maximum Gasteiger partial charge on any atom is 0.302 e. The Labute approximate surface area is 120 Å². The molecule has 0 atom stereocenters. The Morgan fingerprint density at radius 1 is 1.05 bits per heavy atom. The SMILES string of the molecule is CC(=O)OCCN(CCN(C)c1ccccc1)C(C)=O. The molecule has 0 aliphatic heterocycles. The summed E-state index contributed by atoms with van der Waals surface area (Å²) >= 11 is 0. The molecule has 0 saturated heterocycles. The van der Waals surface area contributed by atoms with Gasteiger partial charge in [-0.05, 0) is 12.1 Å². The summed E-state index contributed by atoms with van der Waals surface area (Å²) in [7, 11) is 1.99. The molecule has 0 aliphatic rings. The van der Waals surface area contributed by atoms with Gasteiger partial charge in [0.05, 0.1) is 6.54 Å². The van der Waals surface area contributed by atoms with Crippen molar-refractivity contribution < 1.29 is 14.3 Å². The minimum atomic E-state index is -0.324. The number of amides is 1. The fourth-order valence-corrected chi connectivity index (χ4v) is 1.81. The van der Waals surface area contributed by atoms with Gasteiger partial charge in [0.25, 0.3) is 0 Å². The van der Waals surface area contributed by atoms with Gasteiger partial charge in [0.2, 0.25) is 5.91 Å². The summed E-state index contributed by atoms with van der Waals surface area (Å²) in [5.41, 5.74) is 1.11. The number of rotatable bonds is 7. The summed E-state index contributed by atoms with van der Waals surface area (Å²) in [6.07, 6.45) is 0. The minimum Gasteiger partial charge on any atom is -0.464 e. The van der Waals surface area contributed by atoms with Crippen molar-refractivity contribution in [2.75, 3.05) is 38.2 Å². The maximum atomic E-state index is 11.5. The quantitative estimate of drug-likeness (QED) is 0.710. The summed E-state index contributed by atoms with van der Waals surface area (Å²) < 4.78 is 4.87. The van der Waals surface area contributed by atoms with Crippen molar-refractivity contribution in [3.63, 3.8) is 0 Å². The van der Waals surface area contributed by atoms with Crippen LogP contribution in [0.25, 0.3) is 0 Å². The van der Waals surface area contributed by atoms with Gasteiger partial charge >= 0.3 is 5.97 Å². The van der Waals surface area contributed by atoms with E-state index >= 15 is 0 Å². The largest absolute Gasteiger partial charge is 0.464 e. The van der Waals surface area contributed by atoms with Crippen molar-refractivity contribution in [2.45, 2.75) is 13.8 Å². The van der Waals surface area contributed by atoms with Crippen LogP contribution in [0.2, 0.25) is 0 Å². The lowest BCUT2D eigenvalue weighted by Gasteiger charge is -2.25. The standard InChI is InChI=1S/C15H22N2O3/c1-13(18)17(11-12-20-14(2)19)10-9-16(3)15-7-5-4-6-8-15/h4-8H,9-12H2,1-3H3. The third-order valence-electron chi connectivity index (χ3n) is 3.01. The number of carbonyl (C=O) groups is 2. The van der Waals surface area contributed by atoms with E-state index in [2.05, 4.69) is 4.90 Å². The highest BCUT2D eigenvalue weighted by molar-refractivity contribution is 5.73. The Bertz CT molecular complexity index is 434. The molecule has 0 aromatic heterocycles. The van der Waals surface area contributed by atoms with Gasteiger partial charge in [-0.25, -0.2) is 0 Å². The first-order valence-corrected chi connectivity index (χ1v) is 6.65. The molecule has 1 amide bonds. The number of nitrogens with zero attached hydrogens (tertiary/aromatic N) is 2. The first kappa shape index (κ1) is 16.0. The van der Waals surface area contributed by atoms with Crippen LogP contribution in [0.1, 0.15) is 13.8 Å². The molecule has 1 aromatic rings. The normalized spacial score (nSPS) is 9.95. The molecule has 0 heterocycles. The van der Waals surface area contributed by atoms with Gasteiger partial charge in [-0.2, -0.15) is 0 Å². The first-order valence-electron chi connectivity index (χ1n) is 6.65. The van der Waals surface area contributed by atoms with Crippen molar-refractivity contribution in [3.05, 3.63) is 30.3 Å². The Morgan fingerprint density at radius 2 is 1.70 bits per heavy atom. The predicted molar refractivity (Wildman–Crippen MR) is 78.6 cm³/mol. The number of para-hydroxylation sites is 1. The second kappa shape index (κ2) is 8.19. The zero-order chi connectivity index (χ0) is 15.0. The third kappa shape index (κ3) is 5.73. The number of benzene rings is 1. The van der Waals surface area contributed by atoms with Crippen LogP contribution in [0.3, 0.4) is 0 Å². The van der Waals surface area contributed by atoms with Crippen molar-refractivity contribution >= 4 is 17.6 Å². The molecule has 1 rings (SSSR count). The van der Waals surface area contributed by atoms with Crippen LogP contribution in [-0.2, 0) is 14.3 Å². The number of carbonyl (C=O) groups excluding carboxylic acids is 2. The van der Waals surface area contributed by atoms with E-state index < -0.39 is 0 Å². The molecule has 20 heavy (non-hydrogen) atoms. The van der Waals surface area contributed by atoms with Gasteiger partial charge in [-0.15, -0.1) is 0 Å². The molecule has 0 fully saturated rings. The molecule has 5 heteroatoms. The van der Waals surface area contributed by atoms with Gasteiger partial charge in [-0.3, -0.25) is 9.59 Å². The number of hydrogen-bond acceptors (Lipinski definition) is 4.